The van der Waals surface area contributed by atoms with Crippen LogP contribution in [0.2, 0.25) is 36.3 Å². The fraction of sp³-hybridized carbons (Fsp3) is 0.870. The Morgan fingerprint density at radius 3 is 2.03 bits per heavy atom. The van der Waals surface area contributed by atoms with E-state index >= 15 is 0 Å². The number of rotatable bonds is 9. The predicted octanol–water partition coefficient (Wildman–Crippen LogP) is 6.79. The molecular formula is C23H45FO4Si2. The van der Waals surface area contributed by atoms with Gasteiger partial charge in [0.25, 0.3) is 0 Å². The van der Waals surface area contributed by atoms with Crippen molar-refractivity contribution in [2.24, 2.45) is 11.8 Å². The second-order valence-corrected chi connectivity index (χ2v) is 21.4. The van der Waals surface area contributed by atoms with E-state index in [4.69, 9.17) is 8.85 Å². The number of hydrogen-bond donors (Lipinski definition) is 1. The van der Waals surface area contributed by atoms with Gasteiger partial charge in [-0.15, -0.1) is 0 Å². The van der Waals surface area contributed by atoms with Crippen molar-refractivity contribution >= 4 is 22.6 Å². The van der Waals surface area contributed by atoms with E-state index in [9.17, 15) is 14.3 Å². The molecule has 0 unspecified atom stereocenters. The topological polar surface area (TPSA) is 55.8 Å². The van der Waals surface area contributed by atoms with Crippen LogP contribution in [-0.2, 0) is 13.6 Å². The number of halogens is 1. The molecule has 30 heavy (non-hydrogen) atoms. The molecule has 0 aromatic rings. The van der Waals surface area contributed by atoms with Crippen LogP contribution in [0.5, 0.6) is 0 Å². The molecule has 0 aromatic carbocycles. The number of carboxylic acids is 1. The molecule has 4 atom stereocenters. The summed E-state index contributed by atoms with van der Waals surface area (Å²) in [6.07, 6.45) is 5.01. The van der Waals surface area contributed by atoms with Gasteiger partial charge < -0.3 is 14.0 Å². The van der Waals surface area contributed by atoms with Crippen molar-refractivity contribution in [3.63, 3.8) is 0 Å². The largest absolute Gasteiger partial charge is 0.481 e. The van der Waals surface area contributed by atoms with Gasteiger partial charge in [-0.1, -0.05) is 53.7 Å². The van der Waals surface area contributed by atoms with Gasteiger partial charge in [-0.25, -0.2) is 4.39 Å². The van der Waals surface area contributed by atoms with E-state index in [0.717, 1.165) is 12.8 Å². The second kappa shape index (κ2) is 9.96. The molecule has 0 spiro atoms. The Balaban J connectivity index is 3.07. The third kappa shape index (κ3) is 7.28. The Morgan fingerprint density at radius 2 is 1.60 bits per heavy atom. The number of carbonyl (C=O) groups is 1. The van der Waals surface area contributed by atoms with E-state index in [2.05, 4.69) is 67.7 Å². The van der Waals surface area contributed by atoms with Crippen molar-refractivity contribution in [2.45, 2.75) is 109 Å². The number of hydrogen-bond acceptors (Lipinski definition) is 3. The molecule has 1 rings (SSSR count). The highest BCUT2D eigenvalue weighted by atomic mass is 28.4. The van der Waals surface area contributed by atoms with Crippen molar-refractivity contribution in [3.05, 3.63) is 12.2 Å². The van der Waals surface area contributed by atoms with Crippen LogP contribution in [0.4, 0.5) is 4.39 Å². The number of alkyl halides is 1. The zero-order chi connectivity index (χ0) is 23.5. The first-order valence-corrected chi connectivity index (χ1v) is 17.0. The highest BCUT2D eigenvalue weighted by Gasteiger charge is 2.44. The fourth-order valence-electron chi connectivity index (χ4n) is 3.43. The zero-order valence-corrected chi connectivity index (χ0v) is 22.8. The van der Waals surface area contributed by atoms with E-state index in [0.29, 0.717) is 0 Å². The van der Waals surface area contributed by atoms with Crippen molar-refractivity contribution in [1.29, 1.82) is 0 Å². The maximum Gasteiger partial charge on any atom is 0.303 e. The summed E-state index contributed by atoms with van der Waals surface area (Å²) in [5.74, 6) is -0.792. The van der Waals surface area contributed by atoms with Gasteiger partial charge in [0.15, 0.2) is 16.6 Å². The van der Waals surface area contributed by atoms with Crippen LogP contribution < -0.4 is 0 Å². The molecule has 0 amide bonds. The third-order valence-electron chi connectivity index (χ3n) is 7.44. The second-order valence-electron chi connectivity index (χ2n) is 11.9. The van der Waals surface area contributed by atoms with Gasteiger partial charge in [-0.3, -0.25) is 4.79 Å². The van der Waals surface area contributed by atoms with Crippen LogP contribution in [0.15, 0.2) is 12.2 Å². The lowest BCUT2D eigenvalue weighted by Gasteiger charge is -2.40. The van der Waals surface area contributed by atoms with Gasteiger partial charge in [0, 0.05) is 12.3 Å². The molecule has 0 saturated heterocycles. The first-order chi connectivity index (χ1) is 13.4. The van der Waals surface area contributed by atoms with E-state index in [1.54, 1.807) is 0 Å². The van der Waals surface area contributed by atoms with E-state index < -0.39 is 35.4 Å². The molecule has 176 valence electrons. The average Bonchev–Trinajstić information content (AvgIpc) is 2.89. The van der Waals surface area contributed by atoms with Gasteiger partial charge >= 0.3 is 5.97 Å². The Hall–Kier alpha value is -0.506. The number of carboxylic acid groups (broad SMARTS) is 1. The Bertz CT molecular complexity index is 605. The summed E-state index contributed by atoms with van der Waals surface area (Å²) in [5, 5.41) is 9.45. The fourth-order valence-corrected chi connectivity index (χ4v) is 6.07. The molecule has 1 N–H and O–H groups in total. The molecule has 1 aliphatic carbocycles. The molecule has 1 fully saturated rings. The van der Waals surface area contributed by atoms with Crippen LogP contribution in [0.1, 0.15) is 60.8 Å². The molecular weight excluding hydrogens is 415 g/mol. The van der Waals surface area contributed by atoms with Crippen molar-refractivity contribution in [1.82, 2.24) is 0 Å². The van der Waals surface area contributed by atoms with Gasteiger partial charge in [0.05, 0.1) is 12.2 Å². The lowest BCUT2D eigenvalue weighted by molar-refractivity contribution is -0.138. The van der Waals surface area contributed by atoms with Crippen LogP contribution >= 0.6 is 0 Å². The Labute approximate surface area is 185 Å². The summed E-state index contributed by atoms with van der Waals surface area (Å²) >= 11 is 0. The first-order valence-electron chi connectivity index (χ1n) is 11.2. The van der Waals surface area contributed by atoms with Gasteiger partial charge in [-0.05, 0) is 55.0 Å². The molecule has 1 aliphatic rings. The first kappa shape index (κ1) is 27.5. The summed E-state index contributed by atoms with van der Waals surface area (Å²) in [6.45, 7) is 21.2. The molecule has 0 heterocycles. The smallest absolute Gasteiger partial charge is 0.303 e. The van der Waals surface area contributed by atoms with Crippen LogP contribution in [0.25, 0.3) is 0 Å². The minimum absolute atomic E-state index is 0.00143. The monoisotopic (exact) mass is 460 g/mol. The third-order valence-corrected chi connectivity index (χ3v) is 16.4. The minimum atomic E-state index is -2.10. The summed E-state index contributed by atoms with van der Waals surface area (Å²) in [4.78, 5) is 11.4. The van der Waals surface area contributed by atoms with Gasteiger partial charge in [0.1, 0.15) is 6.67 Å². The van der Waals surface area contributed by atoms with Crippen LogP contribution in [-0.4, -0.2) is 46.6 Å². The molecule has 0 bridgehead atoms. The lowest BCUT2D eigenvalue weighted by atomic mass is 9.91. The van der Waals surface area contributed by atoms with E-state index in [-0.39, 0.29) is 34.4 Å². The molecule has 7 heteroatoms. The highest BCUT2D eigenvalue weighted by Crippen LogP contribution is 2.44. The highest BCUT2D eigenvalue weighted by molar-refractivity contribution is 6.74. The quantitative estimate of drug-likeness (QED) is 0.304. The Morgan fingerprint density at radius 1 is 1.07 bits per heavy atom. The predicted molar refractivity (Wildman–Crippen MR) is 128 cm³/mol. The maximum atomic E-state index is 13.8. The van der Waals surface area contributed by atoms with Crippen molar-refractivity contribution in [2.75, 3.05) is 6.67 Å². The minimum Gasteiger partial charge on any atom is -0.481 e. The SMILES string of the molecule is CC(C)(C)[Si](C)(C)O[C@H](/C=C/[C@@H]1[C@@H](CC(=O)O)CC[C@H]1O[Si](C)(C)C(C)(C)C)CF. The normalized spacial score (nSPS) is 25.1. The van der Waals surface area contributed by atoms with Crippen LogP contribution in [0.3, 0.4) is 0 Å². The average molecular weight is 461 g/mol. The molecule has 0 radical (unpaired) electrons. The molecule has 1 saturated carbocycles. The van der Waals surface area contributed by atoms with Gasteiger partial charge in [-0.2, -0.15) is 0 Å². The summed E-state index contributed by atoms with van der Waals surface area (Å²) in [6, 6.07) is 0. The van der Waals surface area contributed by atoms with Crippen molar-refractivity contribution < 1.29 is 23.1 Å². The van der Waals surface area contributed by atoms with Gasteiger partial charge in [0.2, 0.25) is 0 Å². The molecule has 4 nitrogen and oxygen atoms in total. The summed E-state index contributed by atoms with van der Waals surface area (Å²) in [7, 11) is -4.09. The maximum absolute atomic E-state index is 13.8. The van der Waals surface area contributed by atoms with Crippen molar-refractivity contribution in [3.8, 4) is 0 Å². The van der Waals surface area contributed by atoms with E-state index in [1.807, 2.05) is 12.2 Å². The molecule has 0 aliphatic heterocycles. The number of aliphatic carboxylic acids is 1. The zero-order valence-electron chi connectivity index (χ0n) is 20.8. The summed E-state index contributed by atoms with van der Waals surface area (Å²) < 4.78 is 26.7. The Kier molecular flexibility index (Phi) is 9.14. The standard InChI is InChI=1S/C23H45FO4Si2/c1-22(2,3)29(7,8)27-18(16-24)12-13-19-17(15-21(25)26)11-14-20(19)28-30(9,10)23(4,5)6/h12-13,17-20H,11,14-16H2,1-10H3,(H,25,26)/b13-12+/t17-,18-,19-,20-/m1/s1. The van der Waals surface area contributed by atoms with E-state index in [1.165, 1.54) is 0 Å². The summed E-state index contributed by atoms with van der Waals surface area (Å²) in [5.41, 5.74) is 0. The van der Waals surface area contributed by atoms with Crippen LogP contribution in [0, 0.1) is 11.8 Å². The lowest BCUT2D eigenvalue weighted by Crippen LogP contribution is -2.45. The molecule has 0 aromatic heterocycles.